The molecule has 3 aliphatic rings. The molecule has 5 unspecified atom stereocenters. The number of aliphatic hydroxyl groups is 1. The van der Waals surface area contributed by atoms with Gasteiger partial charge in [-0.15, -0.1) is 0 Å². The lowest BCUT2D eigenvalue weighted by molar-refractivity contribution is -0.142. The molecule has 0 saturated carbocycles. The van der Waals surface area contributed by atoms with Gasteiger partial charge >= 0.3 is 12.0 Å². The summed E-state index contributed by atoms with van der Waals surface area (Å²) in [4.78, 5) is 27.6. The zero-order valence-corrected chi connectivity index (χ0v) is 12.1. The Morgan fingerprint density at radius 2 is 2.10 bits per heavy atom. The van der Waals surface area contributed by atoms with Crippen molar-refractivity contribution in [2.24, 2.45) is 5.92 Å². The average molecular weight is 298 g/mol. The number of aliphatic hydroxyl groups excluding tert-OH is 1. The first-order valence-corrected chi connectivity index (χ1v) is 7.57. The Morgan fingerprint density at radius 1 is 1.33 bits per heavy atom. The van der Waals surface area contributed by atoms with Crippen LogP contribution >= 0.6 is 0 Å². The number of urea groups is 1. The standard InChI is InChI=1S/C14H22N2O5/c1-8-7-21-10(6-17)5-15(8)14(20)16-9-2-3-12(16)11(4-9)13(18)19/h8-12,17H,2-7H2,1H3,(H,18,19). The molecule has 3 fully saturated rings. The number of ether oxygens (including phenoxy) is 1. The van der Waals surface area contributed by atoms with Crippen LogP contribution in [0.5, 0.6) is 0 Å². The third-order valence-electron chi connectivity index (χ3n) is 5.03. The van der Waals surface area contributed by atoms with Gasteiger partial charge in [-0.05, 0) is 26.2 Å². The molecule has 0 radical (unpaired) electrons. The van der Waals surface area contributed by atoms with Crippen LogP contribution in [0.15, 0.2) is 0 Å². The molecule has 3 aliphatic heterocycles. The smallest absolute Gasteiger partial charge is 0.320 e. The van der Waals surface area contributed by atoms with E-state index in [0.29, 0.717) is 19.6 Å². The lowest BCUT2D eigenvalue weighted by Gasteiger charge is -2.40. The zero-order valence-electron chi connectivity index (χ0n) is 12.1. The van der Waals surface area contributed by atoms with Gasteiger partial charge in [0.25, 0.3) is 0 Å². The number of morpholine rings is 1. The zero-order chi connectivity index (χ0) is 15.1. The molecule has 3 heterocycles. The largest absolute Gasteiger partial charge is 0.481 e. The SMILES string of the molecule is CC1COC(CO)CN1C(=O)N1C2CCC1C(C(=O)O)C2. The van der Waals surface area contributed by atoms with E-state index in [0.717, 1.165) is 12.8 Å². The maximum atomic E-state index is 12.8. The van der Waals surface area contributed by atoms with Crippen molar-refractivity contribution in [2.75, 3.05) is 19.8 Å². The molecule has 0 aromatic heterocycles. The Labute approximate surface area is 123 Å². The molecule has 0 aromatic rings. The third kappa shape index (κ3) is 2.38. The van der Waals surface area contributed by atoms with Crippen LogP contribution in [0.1, 0.15) is 26.2 Å². The van der Waals surface area contributed by atoms with Crippen molar-refractivity contribution in [3.63, 3.8) is 0 Å². The Bertz CT molecular complexity index is 443. The van der Waals surface area contributed by atoms with Gasteiger partial charge in [-0.3, -0.25) is 4.79 Å². The van der Waals surface area contributed by atoms with Gasteiger partial charge in [0.15, 0.2) is 0 Å². The summed E-state index contributed by atoms with van der Waals surface area (Å²) in [5.74, 6) is -1.24. The quantitative estimate of drug-likeness (QED) is 0.756. The fraction of sp³-hybridized carbons (Fsp3) is 0.857. The highest BCUT2D eigenvalue weighted by molar-refractivity contribution is 5.79. The van der Waals surface area contributed by atoms with E-state index >= 15 is 0 Å². The second-order valence-corrected chi connectivity index (χ2v) is 6.31. The molecule has 3 rings (SSSR count). The van der Waals surface area contributed by atoms with Crippen molar-refractivity contribution in [3.05, 3.63) is 0 Å². The first-order chi connectivity index (χ1) is 10.0. The Morgan fingerprint density at radius 3 is 2.71 bits per heavy atom. The number of carbonyl (C=O) groups is 2. The summed E-state index contributed by atoms with van der Waals surface area (Å²) in [6.45, 7) is 2.58. The van der Waals surface area contributed by atoms with E-state index < -0.39 is 11.9 Å². The number of hydrogen-bond donors (Lipinski definition) is 2. The molecule has 118 valence electrons. The number of carboxylic acids is 1. The lowest BCUT2D eigenvalue weighted by Crippen LogP contribution is -2.57. The normalized spacial score (nSPS) is 38.9. The molecule has 5 atom stereocenters. The first-order valence-electron chi connectivity index (χ1n) is 7.57. The molecule has 0 aliphatic carbocycles. The van der Waals surface area contributed by atoms with Crippen LogP contribution in [-0.2, 0) is 9.53 Å². The van der Waals surface area contributed by atoms with E-state index in [1.54, 1.807) is 9.80 Å². The highest BCUT2D eigenvalue weighted by Gasteiger charge is 2.52. The number of nitrogens with zero attached hydrogens (tertiary/aromatic N) is 2. The topological polar surface area (TPSA) is 90.3 Å². The Balaban J connectivity index is 1.74. The van der Waals surface area contributed by atoms with Gasteiger partial charge in [-0.1, -0.05) is 0 Å². The minimum absolute atomic E-state index is 0.0474. The summed E-state index contributed by atoms with van der Waals surface area (Å²) in [7, 11) is 0. The maximum Gasteiger partial charge on any atom is 0.320 e. The number of carbonyl (C=O) groups excluding carboxylic acids is 1. The fourth-order valence-corrected chi connectivity index (χ4v) is 3.89. The van der Waals surface area contributed by atoms with Crippen molar-refractivity contribution in [1.29, 1.82) is 0 Å². The second-order valence-electron chi connectivity index (χ2n) is 6.31. The van der Waals surface area contributed by atoms with E-state index in [2.05, 4.69) is 0 Å². The predicted molar refractivity (Wildman–Crippen MR) is 72.8 cm³/mol. The summed E-state index contributed by atoms with van der Waals surface area (Å²) in [6.07, 6.45) is 1.88. The fourth-order valence-electron chi connectivity index (χ4n) is 3.89. The molecular formula is C14H22N2O5. The molecule has 7 nitrogen and oxygen atoms in total. The number of fused-ring (bicyclic) bond motifs is 2. The van der Waals surface area contributed by atoms with E-state index in [9.17, 15) is 19.8 Å². The van der Waals surface area contributed by atoms with Crippen molar-refractivity contribution >= 4 is 12.0 Å². The minimum atomic E-state index is -0.803. The van der Waals surface area contributed by atoms with Gasteiger partial charge in [0.05, 0.1) is 37.8 Å². The lowest BCUT2D eigenvalue weighted by atomic mass is 9.89. The van der Waals surface area contributed by atoms with Gasteiger partial charge < -0.3 is 24.7 Å². The maximum absolute atomic E-state index is 12.8. The van der Waals surface area contributed by atoms with Gasteiger partial charge in [0, 0.05) is 12.1 Å². The van der Waals surface area contributed by atoms with Gasteiger partial charge in [-0.2, -0.15) is 0 Å². The molecular weight excluding hydrogens is 276 g/mol. The number of aliphatic carboxylic acids is 1. The van der Waals surface area contributed by atoms with E-state index in [1.165, 1.54) is 0 Å². The first kappa shape index (κ1) is 14.6. The van der Waals surface area contributed by atoms with Crippen LogP contribution in [0.4, 0.5) is 4.79 Å². The number of hydrogen-bond acceptors (Lipinski definition) is 4. The van der Waals surface area contributed by atoms with Crippen LogP contribution < -0.4 is 0 Å². The molecule has 2 bridgehead atoms. The van der Waals surface area contributed by atoms with Crippen molar-refractivity contribution in [1.82, 2.24) is 9.80 Å². The highest BCUT2D eigenvalue weighted by Crippen LogP contribution is 2.42. The molecule has 21 heavy (non-hydrogen) atoms. The van der Waals surface area contributed by atoms with E-state index in [4.69, 9.17) is 4.74 Å². The van der Waals surface area contributed by atoms with E-state index in [1.807, 2.05) is 6.92 Å². The molecule has 3 saturated heterocycles. The Hall–Kier alpha value is -1.34. The van der Waals surface area contributed by atoms with Gasteiger partial charge in [0.2, 0.25) is 0 Å². The molecule has 0 aromatic carbocycles. The van der Waals surface area contributed by atoms with Crippen LogP contribution in [0, 0.1) is 5.92 Å². The number of amides is 2. The van der Waals surface area contributed by atoms with E-state index in [-0.39, 0.29) is 36.9 Å². The number of carboxylic acid groups (broad SMARTS) is 1. The molecule has 7 heteroatoms. The number of rotatable bonds is 2. The van der Waals surface area contributed by atoms with Crippen LogP contribution in [0.25, 0.3) is 0 Å². The third-order valence-corrected chi connectivity index (χ3v) is 5.03. The Kier molecular flexibility index (Phi) is 3.79. The van der Waals surface area contributed by atoms with Crippen LogP contribution in [0.2, 0.25) is 0 Å². The average Bonchev–Trinajstić information content (AvgIpc) is 3.04. The summed E-state index contributed by atoms with van der Waals surface area (Å²) in [5, 5.41) is 18.5. The van der Waals surface area contributed by atoms with Gasteiger partial charge in [0.1, 0.15) is 0 Å². The van der Waals surface area contributed by atoms with Crippen molar-refractivity contribution in [3.8, 4) is 0 Å². The summed E-state index contributed by atoms with van der Waals surface area (Å²) >= 11 is 0. The van der Waals surface area contributed by atoms with Crippen LogP contribution in [0.3, 0.4) is 0 Å². The second kappa shape index (κ2) is 5.46. The van der Waals surface area contributed by atoms with Crippen molar-refractivity contribution in [2.45, 2.75) is 50.4 Å². The molecule has 0 spiro atoms. The highest BCUT2D eigenvalue weighted by atomic mass is 16.5. The predicted octanol–water partition coefficient (Wildman–Crippen LogP) is 0.125. The van der Waals surface area contributed by atoms with Crippen molar-refractivity contribution < 1.29 is 24.5 Å². The minimum Gasteiger partial charge on any atom is -0.481 e. The van der Waals surface area contributed by atoms with Crippen LogP contribution in [-0.4, -0.2) is 76.0 Å². The van der Waals surface area contributed by atoms with Gasteiger partial charge in [-0.25, -0.2) is 4.79 Å². The molecule has 2 N–H and O–H groups in total. The summed E-state index contributed by atoms with van der Waals surface area (Å²) in [5.41, 5.74) is 0. The summed E-state index contributed by atoms with van der Waals surface area (Å²) in [6, 6.07) is -0.280. The molecule has 2 amide bonds. The monoisotopic (exact) mass is 298 g/mol. The summed E-state index contributed by atoms with van der Waals surface area (Å²) < 4.78 is 5.45.